The summed E-state index contributed by atoms with van der Waals surface area (Å²) in [5, 5.41) is 2.91. The van der Waals surface area contributed by atoms with E-state index in [1.165, 1.54) is 6.08 Å². The fraction of sp³-hybridized carbons (Fsp3) is 0.304. The van der Waals surface area contributed by atoms with Gasteiger partial charge in [0.05, 0.1) is 6.61 Å². The van der Waals surface area contributed by atoms with Gasteiger partial charge in [0.25, 0.3) is 0 Å². The lowest BCUT2D eigenvalue weighted by Crippen LogP contribution is -2.23. The Morgan fingerprint density at radius 3 is 2.57 bits per heavy atom. The molecular weight excluding hydrogens is 352 g/mol. The van der Waals surface area contributed by atoms with E-state index >= 15 is 0 Å². The molecule has 1 aliphatic heterocycles. The van der Waals surface area contributed by atoms with Crippen molar-refractivity contribution in [3.8, 4) is 0 Å². The summed E-state index contributed by atoms with van der Waals surface area (Å²) in [6.45, 7) is 4.41. The van der Waals surface area contributed by atoms with Crippen molar-refractivity contribution >= 4 is 23.6 Å². The van der Waals surface area contributed by atoms with Gasteiger partial charge in [0.2, 0.25) is 11.8 Å². The van der Waals surface area contributed by atoms with Crippen molar-refractivity contribution in [3.63, 3.8) is 0 Å². The fourth-order valence-corrected chi connectivity index (χ4v) is 3.18. The molecule has 0 unspecified atom stereocenters. The Labute approximate surface area is 166 Å². The summed E-state index contributed by atoms with van der Waals surface area (Å²) in [5.41, 5.74) is 3.97. The maximum atomic E-state index is 12.2. The predicted octanol–water partition coefficient (Wildman–Crippen LogP) is 3.68. The number of carbonyl (C=O) groups excluding carboxylic acids is 2. The Morgan fingerprint density at radius 1 is 1.14 bits per heavy atom. The molecule has 0 aliphatic carbocycles. The first-order valence-electron chi connectivity index (χ1n) is 9.68. The molecule has 3 rings (SSSR count). The zero-order valence-electron chi connectivity index (χ0n) is 16.2. The van der Waals surface area contributed by atoms with E-state index < -0.39 is 0 Å². The molecule has 1 aliphatic rings. The maximum absolute atomic E-state index is 12.2. The summed E-state index contributed by atoms with van der Waals surface area (Å²) in [7, 11) is 0. The van der Waals surface area contributed by atoms with Crippen LogP contribution in [-0.4, -0.2) is 25.0 Å². The monoisotopic (exact) mass is 378 g/mol. The van der Waals surface area contributed by atoms with Crippen LogP contribution in [0.1, 0.15) is 36.5 Å². The first-order valence-corrected chi connectivity index (χ1v) is 9.68. The number of carbonyl (C=O) groups is 2. The van der Waals surface area contributed by atoms with E-state index in [1.54, 1.807) is 11.0 Å². The number of anilines is 1. The molecule has 1 N–H and O–H groups in total. The summed E-state index contributed by atoms with van der Waals surface area (Å²) in [5.74, 6) is 0.0253. The molecule has 146 valence electrons. The van der Waals surface area contributed by atoms with Gasteiger partial charge in [0.1, 0.15) is 0 Å². The highest BCUT2D eigenvalue weighted by atomic mass is 16.5. The Kier molecular flexibility index (Phi) is 6.98. The van der Waals surface area contributed by atoms with Crippen LogP contribution in [0.25, 0.3) is 6.08 Å². The van der Waals surface area contributed by atoms with Crippen LogP contribution in [0, 0.1) is 0 Å². The van der Waals surface area contributed by atoms with Gasteiger partial charge in [-0.15, -0.1) is 0 Å². The molecule has 5 nitrogen and oxygen atoms in total. The van der Waals surface area contributed by atoms with Crippen LogP contribution in [0.15, 0.2) is 54.6 Å². The molecule has 1 saturated heterocycles. The van der Waals surface area contributed by atoms with Crippen molar-refractivity contribution in [1.82, 2.24) is 5.32 Å². The highest BCUT2D eigenvalue weighted by Gasteiger charge is 2.21. The molecular formula is C23H26N2O3. The normalized spacial score (nSPS) is 14.0. The summed E-state index contributed by atoms with van der Waals surface area (Å²) in [4.78, 5) is 25.8. The third-order valence-electron chi connectivity index (χ3n) is 4.74. The fourth-order valence-electron chi connectivity index (χ4n) is 3.18. The zero-order valence-corrected chi connectivity index (χ0v) is 16.2. The minimum atomic E-state index is -0.148. The Hall–Kier alpha value is -2.92. The van der Waals surface area contributed by atoms with E-state index in [9.17, 15) is 9.59 Å². The average molecular weight is 378 g/mol. The van der Waals surface area contributed by atoms with Gasteiger partial charge < -0.3 is 15.0 Å². The van der Waals surface area contributed by atoms with E-state index in [0.29, 0.717) is 26.2 Å². The first-order chi connectivity index (χ1) is 13.7. The quantitative estimate of drug-likeness (QED) is 0.713. The van der Waals surface area contributed by atoms with Gasteiger partial charge in [-0.1, -0.05) is 36.4 Å². The standard InChI is InChI=1S/C23H26N2O3/c1-2-28-17-20-7-4-3-6-19(20)16-24-22(26)14-11-18-9-12-21(13-10-18)25-15-5-8-23(25)27/h3-4,6-7,9-14H,2,5,8,15-17H2,1H3,(H,24,26)/b14-11+. The lowest BCUT2D eigenvalue weighted by molar-refractivity contribution is -0.117. The highest BCUT2D eigenvalue weighted by Crippen LogP contribution is 2.21. The molecule has 2 amide bonds. The van der Waals surface area contributed by atoms with E-state index in [4.69, 9.17) is 4.74 Å². The van der Waals surface area contributed by atoms with Crippen molar-refractivity contribution in [2.75, 3.05) is 18.1 Å². The van der Waals surface area contributed by atoms with Gasteiger partial charge in [0.15, 0.2) is 0 Å². The van der Waals surface area contributed by atoms with E-state index in [-0.39, 0.29) is 11.8 Å². The molecule has 28 heavy (non-hydrogen) atoms. The van der Waals surface area contributed by atoms with Crippen LogP contribution in [0.3, 0.4) is 0 Å². The third-order valence-corrected chi connectivity index (χ3v) is 4.74. The molecule has 0 spiro atoms. The summed E-state index contributed by atoms with van der Waals surface area (Å²) < 4.78 is 5.47. The third kappa shape index (κ3) is 5.30. The molecule has 0 atom stereocenters. The van der Waals surface area contributed by atoms with Crippen molar-refractivity contribution < 1.29 is 14.3 Å². The molecule has 0 aromatic heterocycles. The molecule has 1 fully saturated rings. The van der Waals surface area contributed by atoms with Crippen molar-refractivity contribution in [2.24, 2.45) is 0 Å². The van der Waals surface area contributed by atoms with Crippen LogP contribution >= 0.6 is 0 Å². The first kappa shape index (κ1) is 19.8. The SMILES string of the molecule is CCOCc1ccccc1CNC(=O)/C=C/c1ccc(N2CCCC2=O)cc1. The van der Waals surface area contributed by atoms with Crippen molar-refractivity contribution in [1.29, 1.82) is 0 Å². The molecule has 1 heterocycles. The molecule has 2 aromatic carbocycles. The van der Waals surface area contributed by atoms with Crippen LogP contribution in [-0.2, 0) is 27.5 Å². The number of hydrogen-bond acceptors (Lipinski definition) is 3. The predicted molar refractivity (Wildman–Crippen MR) is 111 cm³/mol. The summed E-state index contributed by atoms with van der Waals surface area (Å²) >= 11 is 0. The summed E-state index contributed by atoms with van der Waals surface area (Å²) in [6, 6.07) is 15.6. The minimum Gasteiger partial charge on any atom is -0.377 e. The number of rotatable bonds is 8. The van der Waals surface area contributed by atoms with Gasteiger partial charge >= 0.3 is 0 Å². The lowest BCUT2D eigenvalue weighted by atomic mass is 10.1. The van der Waals surface area contributed by atoms with Gasteiger partial charge in [-0.2, -0.15) is 0 Å². The molecule has 0 bridgehead atoms. The number of nitrogens with zero attached hydrogens (tertiary/aromatic N) is 1. The second kappa shape index (κ2) is 9.85. The summed E-state index contributed by atoms with van der Waals surface area (Å²) in [6.07, 6.45) is 4.84. The smallest absolute Gasteiger partial charge is 0.244 e. The van der Waals surface area contributed by atoms with Gasteiger partial charge in [-0.05, 0) is 48.2 Å². The second-order valence-electron chi connectivity index (χ2n) is 6.70. The number of benzene rings is 2. The number of nitrogens with one attached hydrogen (secondary N) is 1. The van der Waals surface area contributed by atoms with Crippen LogP contribution in [0.2, 0.25) is 0 Å². The maximum Gasteiger partial charge on any atom is 0.244 e. The van der Waals surface area contributed by atoms with Gasteiger partial charge in [0, 0.05) is 37.9 Å². The van der Waals surface area contributed by atoms with E-state index in [2.05, 4.69) is 5.32 Å². The van der Waals surface area contributed by atoms with Crippen LogP contribution < -0.4 is 10.2 Å². The number of ether oxygens (including phenoxy) is 1. The topological polar surface area (TPSA) is 58.6 Å². The largest absolute Gasteiger partial charge is 0.377 e. The highest BCUT2D eigenvalue weighted by molar-refractivity contribution is 5.95. The molecule has 0 saturated carbocycles. The van der Waals surface area contributed by atoms with E-state index in [1.807, 2.05) is 55.5 Å². The van der Waals surface area contributed by atoms with Gasteiger partial charge in [-0.3, -0.25) is 9.59 Å². The van der Waals surface area contributed by atoms with Crippen LogP contribution in [0.4, 0.5) is 5.69 Å². The van der Waals surface area contributed by atoms with E-state index in [0.717, 1.165) is 35.3 Å². The second-order valence-corrected chi connectivity index (χ2v) is 6.70. The van der Waals surface area contributed by atoms with Crippen molar-refractivity contribution in [2.45, 2.75) is 32.9 Å². The average Bonchev–Trinajstić information content (AvgIpc) is 3.16. The van der Waals surface area contributed by atoms with Crippen molar-refractivity contribution in [3.05, 3.63) is 71.3 Å². The Morgan fingerprint density at radius 2 is 1.89 bits per heavy atom. The van der Waals surface area contributed by atoms with Gasteiger partial charge in [-0.25, -0.2) is 0 Å². The number of amides is 2. The Balaban J connectivity index is 1.53. The molecule has 2 aromatic rings. The molecule has 5 heteroatoms. The Bertz CT molecular complexity index is 843. The zero-order chi connectivity index (χ0) is 19.8. The number of hydrogen-bond donors (Lipinski definition) is 1. The van der Waals surface area contributed by atoms with Crippen LogP contribution in [0.5, 0.6) is 0 Å². The minimum absolute atomic E-state index is 0.148. The molecule has 0 radical (unpaired) electrons. The lowest BCUT2D eigenvalue weighted by Gasteiger charge is -2.15.